The van der Waals surface area contributed by atoms with Crippen molar-refractivity contribution in [1.29, 1.82) is 0 Å². The second-order valence-corrected chi connectivity index (χ2v) is 5.42. The van der Waals surface area contributed by atoms with E-state index in [2.05, 4.69) is 15.5 Å². The molecule has 0 aliphatic heterocycles. The first-order chi connectivity index (χ1) is 12.6. The van der Waals surface area contributed by atoms with Gasteiger partial charge in [0.25, 0.3) is 5.91 Å². The maximum Gasteiger partial charge on any atom is 0.359 e. The molecule has 0 unspecified atom stereocenters. The van der Waals surface area contributed by atoms with E-state index in [1.54, 1.807) is 19.2 Å². The molecule has 26 heavy (non-hydrogen) atoms. The summed E-state index contributed by atoms with van der Waals surface area (Å²) in [4.78, 5) is 27.6. The number of aromatic nitrogens is 1. The number of aromatic hydroxyl groups is 1. The average molecular weight is 351 g/mol. The molecule has 1 aromatic heterocycles. The number of amides is 1. The number of phenols is 1. The number of nitrogens with one attached hydrogen (secondary N) is 2. The lowest BCUT2D eigenvalue weighted by atomic mass is 10.1. The number of phenolic OH excluding ortho intramolecular Hbond substituents is 1. The monoisotopic (exact) mass is 351 g/mol. The van der Waals surface area contributed by atoms with Gasteiger partial charge in [-0.15, -0.1) is 0 Å². The highest BCUT2D eigenvalue weighted by atomic mass is 16.5. The Bertz CT molecular complexity index is 991. The lowest BCUT2D eigenvalue weighted by Gasteiger charge is -2.06. The van der Waals surface area contributed by atoms with E-state index in [1.165, 1.54) is 18.2 Å². The molecule has 132 valence electrons. The molecule has 1 heterocycles. The lowest BCUT2D eigenvalue weighted by molar-refractivity contribution is -0.134. The predicted octanol–water partition coefficient (Wildman–Crippen LogP) is 2.57. The quantitative estimate of drug-likeness (QED) is 0.373. The van der Waals surface area contributed by atoms with Gasteiger partial charge in [-0.3, -0.25) is 4.79 Å². The van der Waals surface area contributed by atoms with Crippen molar-refractivity contribution in [3.8, 4) is 5.75 Å². The van der Waals surface area contributed by atoms with Crippen molar-refractivity contribution in [2.24, 2.45) is 5.10 Å². The van der Waals surface area contributed by atoms with Gasteiger partial charge in [0.2, 0.25) is 0 Å². The standard InChI is InChI=1S/C19H17N3O4/c1-2-26-19(25)17(15-11-20-16-9-4-3-8-14(15)16)21-22-18(24)12-6-5-7-13(23)10-12/h3-11,20,23H,2H2,1H3,(H,22,24)/b21-17+. The van der Waals surface area contributed by atoms with Crippen LogP contribution in [0.1, 0.15) is 22.8 Å². The van der Waals surface area contributed by atoms with Crippen LogP contribution >= 0.6 is 0 Å². The number of nitrogens with zero attached hydrogens (tertiary/aromatic N) is 1. The number of carbonyl (C=O) groups is 2. The van der Waals surface area contributed by atoms with Crippen LogP contribution in [-0.4, -0.2) is 34.3 Å². The van der Waals surface area contributed by atoms with Crippen molar-refractivity contribution in [2.75, 3.05) is 6.61 Å². The van der Waals surface area contributed by atoms with Crippen molar-refractivity contribution in [3.63, 3.8) is 0 Å². The summed E-state index contributed by atoms with van der Waals surface area (Å²) in [5.74, 6) is -1.24. The Labute approximate surface area is 149 Å². The van der Waals surface area contributed by atoms with Crippen LogP contribution in [-0.2, 0) is 9.53 Å². The summed E-state index contributed by atoms with van der Waals surface area (Å²) in [5.41, 5.74) is 3.90. The molecule has 3 N–H and O–H groups in total. The Morgan fingerprint density at radius 1 is 1.19 bits per heavy atom. The van der Waals surface area contributed by atoms with E-state index in [4.69, 9.17) is 4.74 Å². The van der Waals surface area contributed by atoms with Crippen LogP contribution in [0.2, 0.25) is 0 Å². The number of esters is 1. The van der Waals surface area contributed by atoms with E-state index in [-0.39, 0.29) is 23.6 Å². The fourth-order valence-electron chi connectivity index (χ4n) is 2.50. The maximum absolute atomic E-state index is 12.3. The second-order valence-electron chi connectivity index (χ2n) is 5.42. The summed E-state index contributed by atoms with van der Waals surface area (Å²) < 4.78 is 5.06. The van der Waals surface area contributed by atoms with Gasteiger partial charge in [0.1, 0.15) is 5.75 Å². The molecule has 3 rings (SSSR count). The molecule has 7 heteroatoms. The van der Waals surface area contributed by atoms with Crippen molar-refractivity contribution in [1.82, 2.24) is 10.4 Å². The Morgan fingerprint density at radius 2 is 2.00 bits per heavy atom. The zero-order valence-electron chi connectivity index (χ0n) is 14.0. The zero-order valence-corrected chi connectivity index (χ0v) is 14.0. The number of ether oxygens (including phenoxy) is 1. The number of benzene rings is 2. The molecule has 0 radical (unpaired) electrons. The Kier molecular flexibility index (Phi) is 4.98. The van der Waals surface area contributed by atoms with E-state index in [9.17, 15) is 14.7 Å². The molecule has 0 atom stereocenters. The first kappa shape index (κ1) is 17.2. The number of fused-ring (bicyclic) bond motifs is 1. The summed E-state index contributed by atoms with van der Waals surface area (Å²) in [5, 5.41) is 14.2. The van der Waals surface area contributed by atoms with Gasteiger partial charge in [0.15, 0.2) is 5.71 Å². The highest BCUT2D eigenvalue weighted by molar-refractivity contribution is 6.45. The van der Waals surface area contributed by atoms with E-state index in [0.29, 0.717) is 5.56 Å². The lowest BCUT2D eigenvalue weighted by Crippen LogP contribution is -2.25. The first-order valence-corrected chi connectivity index (χ1v) is 8.01. The van der Waals surface area contributed by atoms with E-state index < -0.39 is 11.9 Å². The predicted molar refractivity (Wildman–Crippen MR) is 97.0 cm³/mol. The number of hydrazone groups is 1. The molecule has 0 aliphatic carbocycles. The average Bonchev–Trinajstić information content (AvgIpc) is 3.06. The summed E-state index contributed by atoms with van der Waals surface area (Å²) >= 11 is 0. The van der Waals surface area contributed by atoms with Crippen molar-refractivity contribution in [3.05, 3.63) is 65.9 Å². The number of H-pyrrole nitrogens is 1. The van der Waals surface area contributed by atoms with Gasteiger partial charge >= 0.3 is 5.97 Å². The topological polar surface area (TPSA) is 104 Å². The van der Waals surface area contributed by atoms with Crippen LogP contribution < -0.4 is 5.43 Å². The third kappa shape index (κ3) is 3.56. The van der Waals surface area contributed by atoms with Gasteiger partial charge in [-0.1, -0.05) is 24.3 Å². The summed E-state index contributed by atoms with van der Waals surface area (Å²) in [6, 6.07) is 13.2. The van der Waals surface area contributed by atoms with Crippen LogP contribution in [0, 0.1) is 0 Å². The Hall–Kier alpha value is -3.61. The molecule has 0 aliphatic rings. The van der Waals surface area contributed by atoms with Gasteiger partial charge < -0.3 is 14.8 Å². The van der Waals surface area contributed by atoms with E-state index in [1.807, 2.05) is 24.3 Å². The van der Waals surface area contributed by atoms with Crippen LogP contribution in [0.5, 0.6) is 5.75 Å². The second kappa shape index (κ2) is 7.52. The minimum atomic E-state index is -0.645. The van der Waals surface area contributed by atoms with E-state index in [0.717, 1.165) is 10.9 Å². The van der Waals surface area contributed by atoms with Gasteiger partial charge in [0.05, 0.1) is 6.61 Å². The minimum absolute atomic E-state index is 0.0159. The van der Waals surface area contributed by atoms with Gasteiger partial charge in [0, 0.05) is 28.2 Å². The summed E-state index contributed by atoms with van der Waals surface area (Å²) in [6.45, 7) is 1.87. The molecule has 0 saturated carbocycles. The summed E-state index contributed by atoms with van der Waals surface area (Å²) in [6.07, 6.45) is 1.64. The molecule has 0 saturated heterocycles. The molecule has 1 amide bonds. The minimum Gasteiger partial charge on any atom is -0.508 e. The maximum atomic E-state index is 12.3. The van der Waals surface area contributed by atoms with Crippen molar-refractivity contribution < 1.29 is 19.4 Å². The zero-order chi connectivity index (χ0) is 18.5. The fourth-order valence-corrected chi connectivity index (χ4v) is 2.50. The Morgan fingerprint density at radius 3 is 2.77 bits per heavy atom. The Balaban J connectivity index is 1.95. The third-order valence-electron chi connectivity index (χ3n) is 3.69. The molecular formula is C19H17N3O4. The first-order valence-electron chi connectivity index (χ1n) is 8.01. The van der Waals surface area contributed by atoms with Crippen LogP contribution in [0.3, 0.4) is 0 Å². The molecule has 3 aromatic rings. The van der Waals surface area contributed by atoms with Gasteiger partial charge in [-0.2, -0.15) is 5.10 Å². The van der Waals surface area contributed by atoms with Gasteiger partial charge in [-0.05, 0) is 31.2 Å². The fraction of sp³-hybridized carbons (Fsp3) is 0.105. The van der Waals surface area contributed by atoms with E-state index >= 15 is 0 Å². The molecular weight excluding hydrogens is 334 g/mol. The summed E-state index contributed by atoms with van der Waals surface area (Å²) in [7, 11) is 0. The van der Waals surface area contributed by atoms with Crippen LogP contribution in [0.25, 0.3) is 10.9 Å². The highest BCUT2D eigenvalue weighted by Gasteiger charge is 2.20. The molecule has 2 aromatic carbocycles. The highest BCUT2D eigenvalue weighted by Crippen LogP contribution is 2.19. The molecule has 0 spiro atoms. The normalized spacial score (nSPS) is 11.3. The molecule has 0 fully saturated rings. The number of hydrogen-bond donors (Lipinski definition) is 3. The number of aromatic amines is 1. The number of carbonyl (C=O) groups excluding carboxylic acids is 2. The van der Waals surface area contributed by atoms with Gasteiger partial charge in [-0.25, -0.2) is 10.2 Å². The smallest absolute Gasteiger partial charge is 0.359 e. The number of hydrogen-bond acceptors (Lipinski definition) is 5. The van der Waals surface area contributed by atoms with Crippen LogP contribution in [0.15, 0.2) is 59.8 Å². The third-order valence-corrected chi connectivity index (χ3v) is 3.69. The molecule has 0 bridgehead atoms. The number of para-hydroxylation sites is 1. The van der Waals surface area contributed by atoms with Crippen molar-refractivity contribution >= 4 is 28.5 Å². The SMILES string of the molecule is CCOC(=O)/C(=N/NC(=O)c1cccc(O)c1)c1c[nH]c2ccccc12. The van der Waals surface area contributed by atoms with Crippen molar-refractivity contribution in [2.45, 2.75) is 6.92 Å². The number of rotatable bonds is 5. The van der Waals surface area contributed by atoms with Crippen LogP contribution in [0.4, 0.5) is 0 Å². The molecule has 7 nitrogen and oxygen atoms in total. The largest absolute Gasteiger partial charge is 0.508 e.